The first-order chi connectivity index (χ1) is 8.08. The zero-order chi connectivity index (χ0) is 12.4. The van der Waals surface area contributed by atoms with Gasteiger partial charge in [-0.15, -0.1) is 0 Å². The minimum absolute atomic E-state index is 0.714. The molecule has 0 aliphatic carbocycles. The van der Waals surface area contributed by atoms with Crippen LogP contribution in [0.5, 0.6) is 0 Å². The highest BCUT2D eigenvalue weighted by Gasteiger charge is 2.06. The molecule has 0 aliphatic heterocycles. The van der Waals surface area contributed by atoms with Crippen molar-refractivity contribution in [1.82, 2.24) is 10.2 Å². The van der Waals surface area contributed by atoms with Crippen molar-refractivity contribution >= 4 is 33.2 Å². The molecule has 3 nitrogen and oxygen atoms in total. The zero-order valence-electron chi connectivity index (χ0n) is 9.64. The van der Waals surface area contributed by atoms with Gasteiger partial charge in [0.2, 0.25) is 0 Å². The third-order valence-corrected chi connectivity index (χ3v) is 3.88. The third-order valence-electron chi connectivity index (χ3n) is 2.67. The molecule has 1 aromatic carbocycles. The number of rotatable bonds is 3. The Bertz CT molecular complexity index is 517. The maximum Gasteiger partial charge on any atom is 0.0643 e. The summed E-state index contributed by atoms with van der Waals surface area (Å²) in [5.74, 6) is 0. The lowest BCUT2D eigenvalue weighted by molar-refractivity contribution is 1.02. The van der Waals surface area contributed by atoms with E-state index in [1.165, 1.54) is 5.56 Å². The first-order valence-corrected chi connectivity index (χ1v) is 6.44. The lowest BCUT2D eigenvalue weighted by atomic mass is 10.2. The third kappa shape index (κ3) is 2.82. The lowest BCUT2D eigenvalue weighted by Gasteiger charge is -2.07. The van der Waals surface area contributed by atoms with Crippen LogP contribution in [0.2, 0.25) is 5.02 Å². The number of anilines is 1. The standard InChI is InChI=1S/C12H13BrClN3/c1-7-10(8(2)17-16-7)6-15-9-3-4-12(14)11(13)5-9/h3-5,15H,6H2,1-2H3,(H,16,17). The molecule has 2 aromatic rings. The largest absolute Gasteiger partial charge is 0.381 e. The minimum Gasteiger partial charge on any atom is -0.381 e. The smallest absolute Gasteiger partial charge is 0.0643 e. The number of nitrogens with one attached hydrogen (secondary N) is 2. The van der Waals surface area contributed by atoms with Gasteiger partial charge in [-0.1, -0.05) is 11.6 Å². The van der Waals surface area contributed by atoms with E-state index in [4.69, 9.17) is 11.6 Å². The zero-order valence-corrected chi connectivity index (χ0v) is 12.0. The van der Waals surface area contributed by atoms with Gasteiger partial charge >= 0.3 is 0 Å². The Kier molecular flexibility index (Phi) is 3.74. The van der Waals surface area contributed by atoms with Gasteiger partial charge in [0.25, 0.3) is 0 Å². The molecule has 1 heterocycles. The van der Waals surface area contributed by atoms with Gasteiger partial charge in [0, 0.05) is 28.0 Å². The summed E-state index contributed by atoms with van der Waals surface area (Å²) in [5, 5.41) is 11.2. The van der Waals surface area contributed by atoms with E-state index in [2.05, 4.69) is 31.4 Å². The summed E-state index contributed by atoms with van der Waals surface area (Å²) < 4.78 is 0.893. The van der Waals surface area contributed by atoms with Crippen LogP contribution in [0.15, 0.2) is 22.7 Å². The van der Waals surface area contributed by atoms with Crippen LogP contribution in [0.1, 0.15) is 17.0 Å². The average molecular weight is 315 g/mol. The van der Waals surface area contributed by atoms with Gasteiger partial charge in [-0.3, -0.25) is 5.10 Å². The number of aromatic nitrogens is 2. The van der Waals surface area contributed by atoms with E-state index in [0.29, 0.717) is 5.02 Å². The number of hydrogen-bond acceptors (Lipinski definition) is 2. The molecule has 0 fully saturated rings. The molecule has 2 rings (SSSR count). The summed E-state index contributed by atoms with van der Waals surface area (Å²) in [6, 6.07) is 5.79. The van der Waals surface area contributed by atoms with Gasteiger partial charge in [-0.25, -0.2) is 0 Å². The van der Waals surface area contributed by atoms with E-state index in [-0.39, 0.29) is 0 Å². The summed E-state index contributed by atoms with van der Waals surface area (Å²) in [4.78, 5) is 0. The Hall–Kier alpha value is -1.000. The van der Waals surface area contributed by atoms with Crippen LogP contribution < -0.4 is 5.32 Å². The fraction of sp³-hybridized carbons (Fsp3) is 0.250. The fourth-order valence-electron chi connectivity index (χ4n) is 1.63. The van der Waals surface area contributed by atoms with Crippen LogP contribution in [0.4, 0.5) is 5.69 Å². The Morgan fingerprint density at radius 1 is 1.41 bits per heavy atom. The number of hydrogen-bond donors (Lipinski definition) is 2. The Morgan fingerprint density at radius 2 is 2.18 bits per heavy atom. The van der Waals surface area contributed by atoms with Crippen molar-refractivity contribution in [3.8, 4) is 0 Å². The molecule has 0 unspecified atom stereocenters. The normalized spacial score (nSPS) is 10.6. The van der Waals surface area contributed by atoms with Gasteiger partial charge in [-0.05, 0) is 48.0 Å². The SMILES string of the molecule is Cc1n[nH]c(C)c1CNc1ccc(Cl)c(Br)c1. The van der Waals surface area contributed by atoms with E-state index < -0.39 is 0 Å². The molecule has 0 amide bonds. The molecule has 0 saturated carbocycles. The predicted octanol–water partition coefficient (Wildman–Crippen LogP) is 4.05. The van der Waals surface area contributed by atoms with Crippen molar-refractivity contribution in [1.29, 1.82) is 0 Å². The molecular formula is C12H13BrClN3. The van der Waals surface area contributed by atoms with Gasteiger partial charge in [0.05, 0.1) is 10.7 Å². The molecule has 0 saturated heterocycles. The van der Waals surface area contributed by atoms with Gasteiger partial charge in [-0.2, -0.15) is 5.10 Å². The van der Waals surface area contributed by atoms with Crippen molar-refractivity contribution in [3.63, 3.8) is 0 Å². The molecule has 0 radical (unpaired) electrons. The van der Waals surface area contributed by atoms with Crippen LogP contribution in [0.25, 0.3) is 0 Å². The van der Waals surface area contributed by atoms with Crippen molar-refractivity contribution < 1.29 is 0 Å². The highest BCUT2D eigenvalue weighted by atomic mass is 79.9. The van der Waals surface area contributed by atoms with Crippen molar-refractivity contribution in [2.45, 2.75) is 20.4 Å². The van der Waals surface area contributed by atoms with E-state index in [0.717, 1.165) is 28.1 Å². The monoisotopic (exact) mass is 313 g/mol. The molecule has 2 N–H and O–H groups in total. The van der Waals surface area contributed by atoms with Crippen molar-refractivity contribution in [3.05, 3.63) is 44.6 Å². The number of benzene rings is 1. The molecule has 90 valence electrons. The maximum atomic E-state index is 5.94. The second-order valence-electron chi connectivity index (χ2n) is 3.90. The summed E-state index contributed by atoms with van der Waals surface area (Å²) in [7, 11) is 0. The average Bonchev–Trinajstić information content (AvgIpc) is 2.61. The van der Waals surface area contributed by atoms with Crippen molar-refractivity contribution in [2.24, 2.45) is 0 Å². The first-order valence-electron chi connectivity index (χ1n) is 5.27. The number of aryl methyl sites for hydroxylation is 2. The Balaban J connectivity index is 2.10. The molecule has 5 heteroatoms. The van der Waals surface area contributed by atoms with Crippen LogP contribution in [0.3, 0.4) is 0 Å². The number of nitrogens with zero attached hydrogens (tertiary/aromatic N) is 1. The molecule has 0 spiro atoms. The summed E-state index contributed by atoms with van der Waals surface area (Å²) in [6.07, 6.45) is 0. The highest BCUT2D eigenvalue weighted by molar-refractivity contribution is 9.10. The molecule has 0 atom stereocenters. The van der Waals surface area contributed by atoms with Crippen LogP contribution >= 0.6 is 27.5 Å². The number of halogens is 2. The van der Waals surface area contributed by atoms with Gasteiger partial charge < -0.3 is 5.32 Å². The molecule has 0 bridgehead atoms. The van der Waals surface area contributed by atoms with Crippen molar-refractivity contribution in [2.75, 3.05) is 5.32 Å². The summed E-state index contributed by atoms with van der Waals surface area (Å²) >= 11 is 9.34. The Labute approximate surface area is 114 Å². The number of aromatic amines is 1. The number of H-pyrrole nitrogens is 1. The van der Waals surface area contributed by atoms with E-state index in [9.17, 15) is 0 Å². The fourth-order valence-corrected chi connectivity index (χ4v) is 2.13. The van der Waals surface area contributed by atoms with E-state index in [1.807, 2.05) is 32.0 Å². The molecule has 0 aliphatic rings. The summed E-state index contributed by atoms with van der Waals surface area (Å²) in [6.45, 7) is 4.77. The topological polar surface area (TPSA) is 40.7 Å². The molecule has 1 aromatic heterocycles. The second kappa shape index (κ2) is 5.10. The van der Waals surface area contributed by atoms with E-state index in [1.54, 1.807) is 0 Å². The molecular weight excluding hydrogens is 302 g/mol. The first kappa shape index (κ1) is 12.5. The van der Waals surface area contributed by atoms with E-state index >= 15 is 0 Å². The highest BCUT2D eigenvalue weighted by Crippen LogP contribution is 2.26. The minimum atomic E-state index is 0.714. The Morgan fingerprint density at radius 3 is 2.76 bits per heavy atom. The van der Waals surface area contributed by atoms with Crippen LogP contribution in [-0.4, -0.2) is 10.2 Å². The predicted molar refractivity (Wildman–Crippen MR) is 74.5 cm³/mol. The summed E-state index contributed by atoms with van der Waals surface area (Å²) in [5.41, 5.74) is 4.36. The van der Waals surface area contributed by atoms with Gasteiger partial charge in [0.15, 0.2) is 0 Å². The van der Waals surface area contributed by atoms with Gasteiger partial charge in [0.1, 0.15) is 0 Å². The van der Waals surface area contributed by atoms with Crippen LogP contribution in [-0.2, 0) is 6.54 Å². The molecule has 17 heavy (non-hydrogen) atoms. The maximum absolute atomic E-state index is 5.94. The quantitative estimate of drug-likeness (QED) is 0.897. The lowest BCUT2D eigenvalue weighted by Crippen LogP contribution is -2.01. The second-order valence-corrected chi connectivity index (χ2v) is 5.16. The van der Waals surface area contributed by atoms with Crippen LogP contribution in [0, 0.1) is 13.8 Å².